The lowest BCUT2D eigenvalue weighted by Gasteiger charge is -2.37. The van der Waals surface area contributed by atoms with Gasteiger partial charge in [-0.25, -0.2) is 9.18 Å². The van der Waals surface area contributed by atoms with Crippen molar-refractivity contribution in [3.63, 3.8) is 0 Å². The van der Waals surface area contributed by atoms with Gasteiger partial charge in [-0.1, -0.05) is 6.07 Å². The number of benzene rings is 1. The molecule has 1 heterocycles. The highest BCUT2D eigenvalue weighted by atomic mass is 19.1. The molecule has 1 fully saturated rings. The van der Waals surface area contributed by atoms with E-state index in [2.05, 4.69) is 4.90 Å². The number of ether oxygens (including phenoxy) is 1. The molecular weight excluding hydrogens is 299 g/mol. The quantitative estimate of drug-likeness (QED) is 0.928. The largest absolute Gasteiger partial charge is 0.444 e. The Morgan fingerprint density at radius 1 is 1.26 bits per heavy atom. The topological polar surface area (TPSA) is 53.0 Å². The summed E-state index contributed by atoms with van der Waals surface area (Å²) in [6, 6.07) is 4.61. The Morgan fingerprint density at radius 3 is 2.48 bits per heavy atom. The lowest BCUT2D eigenvalue weighted by Crippen LogP contribution is -2.50. The Labute approximate surface area is 136 Å². The number of carbonyl (C=O) groups is 1. The monoisotopic (exact) mass is 324 g/mol. The van der Waals surface area contributed by atoms with Gasteiger partial charge < -0.3 is 19.6 Å². The summed E-state index contributed by atoms with van der Waals surface area (Å²) in [6.07, 6.45) is 0.175. The number of anilines is 1. The normalized spacial score (nSPS) is 15.7. The van der Waals surface area contributed by atoms with Crippen LogP contribution in [0, 0.1) is 5.82 Å². The number of amides is 1. The van der Waals surface area contributed by atoms with Crippen LogP contribution < -0.4 is 4.90 Å². The van der Waals surface area contributed by atoms with E-state index in [1.165, 1.54) is 12.1 Å². The van der Waals surface area contributed by atoms with E-state index in [-0.39, 0.29) is 18.5 Å². The fourth-order valence-electron chi connectivity index (χ4n) is 2.62. The Balaban J connectivity index is 2.02. The lowest BCUT2D eigenvalue weighted by molar-refractivity contribution is 0.0240. The van der Waals surface area contributed by atoms with E-state index in [0.717, 1.165) is 11.3 Å². The third-order valence-electron chi connectivity index (χ3n) is 3.70. The minimum absolute atomic E-state index is 0.0243. The van der Waals surface area contributed by atoms with Gasteiger partial charge in [0.2, 0.25) is 0 Å². The first-order valence-electron chi connectivity index (χ1n) is 7.92. The van der Waals surface area contributed by atoms with Crippen LogP contribution in [0.1, 0.15) is 26.3 Å². The lowest BCUT2D eigenvalue weighted by atomic mass is 10.1. The maximum atomic E-state index is 13.6. The molecule has 1 amide bonds. The average Bonchev–Trinajstić information content (AvgIpc) is 2.48. The van der Waals surface area contributed by atoms with Gasteiger partial charge in [0.1, 0.15) is 11.4 Å². The molecule has 0 unspecified atom stereocenters. The molecule has 23 heavy (non-hydrogen) atoms. The van der Waals surface area contributed by atoms with Gasteiger partial charge in [0.25, 0.3) is 0 Å². The molecule has 1 N–H and O–H groups in total. The van der Waals surface area contributed by atoms with Crippen molar-refractivity contribution in [2.24, 2.45) is 0 Å². The minimum atomic E-state index is -0.509. The van der Waals surface area contributed by atoms with Crippen molar-refractivity contribution >= 4 is 11.8 Å². The highest BCUT2D eigenvalue weighted by molar-refractivity contribution is 5.68. The highest BCUT2D eigenvalue weighted by Gasteiger charge is 2.26. The van der Waals surface area contributed by atoms with E-state index < -0.39 is 5.60 Å². The maximum Gasteiger partial charge on any atom is 0.410 e. The van der Waals surface area contributed by atoms with Gasteiger partial charge in [-0.2, -0.15) is 0 Å². The SMILES string of the molecule is CC(C)(C)OC(=O)N1CCN(c2cc(F)ccc2CCO)CC1. The van der Waals surface area contributed by atoms with Gasteiger partial charge >= 0.3 is 6.09 Å². The van der Waals surface area contributed by atoms with Crippen LogP contribution in [0.4, 0.5) is 14.9 Å². The van der Waals surface area contributed by atoms with Crippen LogP contribution in [0.15, 0.2) is 18.2 Å². The molecule has 1 aliphatic heterocycles. The summed E-state index contributed by atoms with van der Waals surface area (Å²) in [5.74, 6) is -0.295. The number of hydrogen-bond acceptors (Lipinski definition) is 4. The number of aliphatic hydroxyl groups excluding tert-OH is 1. The zero-order valence-electron chi connectivity index (χ0n) is 14.0. The number of piperazine rings is 1. The minimum Gasteiger partial charge on any atom is -0.444 e. The van der Waals surface area contributed by atoms with E-state index in [1.807, 2.05) is 20.8 Å². The summed E-state index contributed by atoms with van der Waals surface area (Å²) in [5, 5.41) is 9.15. The maximum absolute atomic E-state index is 13.6. The third kappa shape index (κ3) is 4.82. The molecule has 2 rings (SSSR count). The van der Waals surface area contributed by atoms with Crippen LogP contribution >= 0.6 is 0 Å². The van der Waals surface area contributed by atoms with E-state index >= 15 is 0 Å². The van der Waals surface area contributed by atoms with Gasteiger partial charge in [-0.05, 0) is 44.9 Å². The van der Waals surface area contributed by atoms with Crippen LogP contribution in [-0.2, 0) is 11.2 Å². The molecule has 5 nitrogen and oxygen atoms in total. The van der Waals surface area contributed by atoms with E-state index in [0.29, 0.717) is 32.6 Å². The number of nitrogens with zero attached hydrogens (tertiary/aromatic N) is 2. The summed E-state index contributed by atoms with van der Waals surface area (Å²) in [5.41, 5.74) is 1.20. The van der Waals surface area contributed by atoms with Crippen molar-refractivity contribution in [2.45, 2.75) is 32.8 Å². The number of carbonyl (C=O) groups excluding carboxylic acids is 1. The standard InChI is InChI=1S/C17H25FN2O3/c1-17(2,3)23-16(22)20-9-7-19(8-10-20)15-12-14(18)5-4-13(15)6-11-21/h4-5,12,21H,6-11H2,1-3H3. The highest BCUT2D eigenvalue weighted by Crippen LogP contribution is 2.24. The Bertz CT molecular complexity index is 549. The summed E-state index contributed by atoms with van der Waals surface area (Å²) >= 11 is 0. The number of rotatable bonds is 3. The second-order valence-corrected chi connectivity index (χ2v) is 6.70. The molecule has 6 heteroatoms. The number of halogens is 1. The second kappa shape index (κ2) is 7.17. The van der Waals surface area contributed by atoms with Crippen LogP contribution in [0.5, 0.6) is 0 Å². The van der Waals surface area contributed by atoms with Gasteiger partial charge in [-0.15, -0.1) is 0 Å². The second-order valence-electron chi connectivity index (χ2n) is 6.70. The fraction of sp³-hybridized carbons (Fsp3) is 0.588. The van der Waals surface area contributed by atoms with Gasteiger partial charge in [0.15, 0.2) is 0 Å². The van der Waals surface area contributed by atoms with Gasteiger partial charge in [-0.3, -0.25) is 0 Å². The van der Waals surface area contributed by atoms with Crippen molar-refractivity contribution in [3.8, 4) is 0 Å². The van der Waals surface area contributed by atoms with Gasteiger partial charge in [0.05, 0.1) is 0 Å². The zero-order valence-corrected chi connectivity index (χ0v) is 14.0. The molecule has 0 saturated carbocycles. The van der Waals surface area contributed by atoms with Gasteiger partial charge in [0, 0.05) is 38.5 Å². The summed E-state index contributed by atoms with van der Waals surface area (Å²) < 4.78 is 18.9. The van der Waals surface area contributed by atoms with Crippen LogP contribution in [-0.4, -0.2) is 54.5 Å². The molecule has 1 aliphatic rings. The van der Waals surface area contributed by atoms with Crippen LogP contribution in [0.2, 0.25) is 0 Å². The molecule has 128 valence electrons. The van der Waals surface area contributed by atoms with Crippen molar-refractivity contribution in [1.29, 1.82) is 0 Å². The van der Waals surface area contributed by atoms with Crippen molar-refractivity contribution < 1.29 is 19.0 Å². The predicted octanol–water partition coefficient (Wildman–Crippen LogP) is 2.42. The van der Waals surface area contributed by atoms with Crippen molar-refractivity contribution in [2.75, 3.05) is 37.7 Å². The zero-order chi connectivity index (χ0) is 17.0. The molecule has 0 aliphatic carbocycles. The Kier molecular flexibility index (Phi) is 5.46. The molecule has 1 aromatic carbocycles. The van der Waals surface area contributed by atoms with E-state index in [1.54, 1.807) is 11.0 Å². The smallest absolute Gasteiger partial charge is 0.410 e. The van der Waals surface area contributed by atoms with E-state index in [9.17, 15) is 9.18 Å². The summed E-state index contributed by atoms with van der Waals surface area (Å²) in [4.78, 5) is 15.8. The van der Waals surface area contributed by atoms with Crippen LogP contribution in [0.3, 0.4) is 0 Å². The first kappa shape index (κ1) is 17.5. The molecule has 0 bridgehead atoms. The van der Waals surface area contributed by atoms with E-state index in [4.69, 9.17) is 9.84 Å². The van der Waals surface area contributed by atoms with Crippen molar-refractivity contribution in [1.82, 2.24) is 4.90 Å². The molecule has 1 aromatic rings. The third-order valence-corrected chi connectivity index (χ3v) is 3.70. The first-order chi connectivity index (χ1) is 10.8. The molecule has 0 aromatic heterocycles. The fourth-order valence-corrected chi connectivity index (χ4v) is 2.62. The first-order valence-corrected chi connectivity index (χ1v) is 7.92. The molecule has 1 saturated heterocycles. The van der Waals surface area contributed by atoms with Crippen LogP contribution in [0.25, 0.3) is 0 Å². The van der Waals surface area contributed by atoms with Crippen molar-refractivity contribution in [3.05, 3.63) is 29.6 Å². The Morgan fingerprint density at radius 2 is 1.91 bits per heavy atom. The summed E-state index contributed by atoms with van der Waals surface area (Å²) in [6.45, 7) is 7.84. The molecular formula is C17H25FN2O3. The summed E-state index contributed by atoms with van der Waals surface area (Å²) in [7, 11) is 0. The molecule has 0 atom stereocenters. The predicted molar refractivity (Wildman–Crippen MR) is 87.2 cm³/mol. The average molecular weight is 324 g/mol. The molecule has 0 spiro atoms. The number of hydrogen-bond donors (Lipinski definition) is 1. The molecule has 0 radical (unpaired) electrons. The Hall–Kier alpha value is -1.82. The number of aliphatic hydroxyl groups is 1.